The Morgan fingerprint density at radius 1 is 1.38 bits per heavy atom. The highest BCUT2D eigenvalue weighted by atomic mass is 16.3. The van der Waals surface area contributed by atoms with Crippen molar-refractivity contribution in [3.8, 4) is 12.3 Å². The van der Waals surface area contributed by atoms with Crippen molar-refractivity contribution in [2.75, 3.05) is 20.1 Å². The van der Waals surface area contributed by atoms with E-state index < -0.39 is 0 Å². The number of hydrogen-bond acceptors (Lipinski definition) is 3. The predicted molar refractivity (Wildman–Crippen MR) is 85.8 cm³/mol. The lowest BCUT2D eigenvalue weighted by Gasteiger charge is -2.18. The molecule has 0 bridgehead atoms. The molecule has 0 radical (unpaired) electrons. The van der Waals surface area contributed by atoms with Crippen molar-refractivity contribution in [1.82, 2.24) is 10.2 Å². The first kappa shape index (κ1) is 14.2. The molecule has 1 heterocycles. The van der Waals surface area contributed by atoms with Crippen LogP contribution in [0.25, 0.3) is 11.0 Å². The van der Waals surface area contributed by atoms with Gasteiger partial charge in [0.1, 0.15) is 11.3 Å². The Morgan fingerprint density at radius 3 is 2.90 bits per heavy atom. The molecular weight excluding hydrogens is 260 g/mol. The van der Waals surface area contributed by atoms with Crippen molar-refractivity contribution in [2.45, 2.75) is 25.9 Å². The van der Waals surface area contributed by atoms with Crippen LogP contribution in [0.15, 0.2) is 28.7 Å². The molecule has 0 spiro atoms. The van der Waals surface area contributed by atoms with Crippen molar-refractivity contribution < 1.29 is 4.42 Å². The summed E-state index contributed by atoms with van der Waals surface area (Å²) in [4.78, 5) is 2.33. The zero-order valence-electron chi connectivity index (χ0n) is 12.6. The van der Waals surface area contributed by atoms with Crippen LogP contribution in [0, 0.1) is 18.3 Å². The van der Waals surface area contributed by atoms with Gasteiger partial charge in [-0.1, -0.05) is 24.1 Å². The summed E-state index contributed by atoms with van der Waals surface area (Å²) in [5.41, 5.74) is 2.22. The van der Waals surface area contributed by atoms with E-state index in [2.05, 4.69) is 28.3 Å². The Balaban J connectivity index is 1.86. The van der Waals surface area contributed by atoms with Crippen LogP contribution in [-0.4, -0.2) is 25.0 Å². The van der Waals surface area contributed by atoms with Gasteiger partial charge in [-0.15, -0.1) is 6.42 Å². The molecular formula is C18H22N2O. The second-order valence-corrected chi connectivity index (χ2v) is 5.85. The predicted octanol–water partition coefficient (Wildman–Crippen LogP) is 3.00. The average Bonchev–Trinajstić information content (AvgIpc) is 3.23. The summed E-state index contributed by atoms with van der Waals surface area (Å²) in [6, 6.07) is 8.23. The molecule has 1 saturated carbocycles. The van der Waals surface area contributed by atoms with Gasteiger partial charge in [0.2, 0.25) is 0 Å². The minimum absolute atomic E-state index is 0.687. The van der Waals surface area contributed by atoms with Gasteiger partial charge in [0.25, 0.3) is 0 Å². The number of furan rings is 1. The normalized spacial score (nSPS) is 14.7. The van der Waals surface area contributed by atoms with E-state index in [1.807, 2.05) is 19.2 Å². The van der Waals surface area contributed by atoms with E-state index in [0.717, 1.165) is 36.9 Å². The van der Waals surface area contributed by atoms with Crippen LogP contribution >= 0.6 is 0 Å². The van der Waals surface area contributed by atoms with Crippen molar-refractivity contribution in [3.63, 3.8) is 0 Å². The molecule has 21 heavy (non-hydrogen) atoms. The summed E-state index contributed by atoms with van der Waals surface area (Å²) >= 11 is 0. The monoisotopic (exact) mass is 282 g/mol. The van der Waals surface area contributed by atoms with Gasteiger partial charge >= 0.3 is 0 Å². The van der Waals surface area contributed by atoms with Crippen molar-refractivity contribution >= 4 is 11.0 Å². The lowest BCUT2D eigenvalue weighted by molar-refractivity contribution is 0.263. The molecule has 1 aliphatic rings. The number of para-hydroxylation sites is 1. The molecule has 3 rings (SSSR count). The van der Waals surface area contributed by atoms with Gasteiger partial charge in [-0.05, 0) is 31.9 Å². The summed E-state index contributed by atoms with van der Waals surface area (Å²) in [6.45, 7) is 3.39. The highest BCUT2D eigenvalue weighted by Crippen LogP contribution is 2.31. The van der Waals surface area contributed by atoms with E-state index in [-0.39, 0.29) is 0 Å². The number of fused-ring (bicyclic) bond motifs is 1. The van der Waals surface area contributed by atoms with Gasteiger partial charge < -0.3 is 9.73 Å². The number of terminal acetylenes is 1. The third-order valence-electron chi connectivity index (χ3n) is 4.03. The highest BCUT2D eigenvalue weighted by molar-refractivity contribution is 5.82. The van der Waals surface area contributed by atoms with Crippen LogP contribution < -0.4 is 5.32 Å². The minimum Gasteiger partial charge on any atom is -0.459 e. The van der Waals surface area contributed by atoms with Crippen molar-refractivity contribution in [2.24, 2.45) is 5.92 Å². The number of rotatable bonds is 7. The Hall–Kier alpha value is -1.76. The Labute approximate surface area is 126 Å². The molecule has 1 N–H and O–H groups in total. The lowest BCUT2D eigenvalue weighted by atomic mass is 10.1. The van der Waals surface area contributed by atoms with Gasteiger partial charge in [-0.2, -0.15) is 0 Å². The highest BCUT2D eigenvalue weighted by Gasteiger charge is 2.25. The summed E-state index contributed by atoms with van der Waals surface area (Å²) < 4.78 is 6.08. The molecule has 110 valence electrons. The third kappa shape index (κ3) is 3.29. The zero-order valence-corrected chi connectivity index (χ0v) is 12.6. The zero-order chi connectivity index (χ0) is 14.7. The van der Waals surface area contributed by atoms with Gasteiger partial charge in [0, 0.05) is 24.0 Å². The molecule has 1 aliphatic carbocycles. The molecule has 1 fully saturated rings. The van der Waals surface area contributed by atoms with E-state index in [1.54, 1.807) is 0 Å². The lowest BCUT2D eigenvalue weighted by Crippen LogP contribution is -2.26. The molecule has 3 nitrogen and oxygen atoms in total. The van der Waals surface area contributed by atoms with Gasteiger partial charge in [0.05, 0.1) is 13.1 Å². The van der Waals surface area contributed by atoms with Crippen LogP contribution in [0.3, 0.4) is 0 Å². The Morgan fingerprint density at radius 2 is 2.19 bits per heavy atom. The first-order valence-corrected chi connectivity index (χ1v) is 7.61. The number of hydrogen-bond donors (Lipinski definition) is 1. The van der Waals surface area contributed by atoms with Crippen LogP contribution in [0.2, 0.25) is 0 Å². The molecule has 0 atom stereocenters. The number of benzene rings is 1. The standard InChI is InChI=1S/C18H22N2O/c1-3-10-20(12-14-8-9-14)13-18-16(11-19-2)15-6-4-5-7-17(15)21-18/h1,4-7,14,19H,8-13H2,2H3. The SMILES string of the molecule is C#CCN(Cc1oc2ccccc2c1CNC)CC1CC1. The van der Waals surface area contributed by atoms with E-state index in [1.165, 1.54) is 23.8 Å². The molecule has 3 heteroatoms. The Kier molecular flexibility index (Phi) is 4.28. The molecule has 0 saturated heterocycles. The van der Waals surface area contributed by atoms with E-state index >= 15 is 0 Å². The molecule has 2 aromatic rings. The average molecular weight is 282 g/mol. The van der Waals surface area contributed by atoms with Crippen LogP contribution in [0.4, 0.5) is 0 Å². The van der Waals surface area contributed by atoms with E-state index in [4.69, 9.17) is 10.8 Å². The smallest absolute Gasteiger partial charge is 0.134 e. The second kappa shape index (κ2) is 6.34. The maximum atomic E-state index is 6.08. The Bertz CT molecular complexity index is 649. The maximum absolute atomic E-state index is 6.08. The first-order chi connectivity index (χ1) is 10.3. The fraction of sp³-hybridized carbons (Fsp3) is 0.444. The summed E-state index contributed by atoms with van der Waals surface area (Å²) in [5.74, 6) is 4.65. The third-order valence-corrected chi connectivity index (χ3v) is 4.03. The molecule has 0 unspecified atom stereocenters. The fourth-order valence-corrected chi connectivity index (χ4v) is 2.83. The van der Waals surface area contributed by atoms with E-state index in [0.29, 0.717) is 6.54 Å². The summed E-state index contributed by atoms with van der Waals surface area (Å²) in [7, 11) is 1.97. The van der Waals surface area contributed by atoms with Crippen LogP contribution in [-0.2, 0) is 13.1 Å². The largest absolute Gasteiger partial charge is 0.459 e. The second-order valence-electron chi connectivity index (χ2n) is 5.85. The topological polar surface area (TPSA) is 28.4 Å². The van der Waals surface area contributed by atoms with Gasteiger partial charge in [-0.3, -0.25) is 4.90 Å². The quantitative estimate of drug-likeness (QED) is 0.791. The van der Waals surface area contributed by atoms with Crippen molar-refractivity contribution in [1.29, 1.82) is 0 Å². The summed E-state index contributed by atoms with van der Waals surface area (Å²) in [6.07, 6.45) is 8.19. The summed E-state index contributed by atoms with van der Waals surface area (Å²) in [5, 5.41) is 4.44. The molecule has 1 aromatic carbocycles. The van der Waals surface area contributed by atoms with Gasteiger partial charge in [0.15, 0.2) is 0 Å². The van der Waals surface area contributed by atoms with E-state index in [9.17, 15) is 0 Å². The van der Waals surface area contributed by atoms with Crippen LogP contribution in [0.1, 0.15) is 24.2 Å². The number of nitrogens with zero attached hydrogens (tertiary/aromatic N) is 1. The minimum atomic E-state index is 0.687. The first-order valence-electron chi connectivity index (χ1n) is 7.61. The van der Waals surface area contributed by atoms with Crippen LogP contribution in [0.5, 0.6) is 0 Å². The molecule has 0 amide bonds. The molecule has 0 aliphatic heterocycles. The fourth-order valence-electron chi connectivity index (χ4n) is 2.83. The van der Waals surface area contributed by atoms with Gasteiger partial charge in [-0.25, -0.2) is 0 Å². The van der Waals surface area contributed by atoms with Crippen molar-refractivity contribution in [3.05, 3.63) is 35.6 Å². The maximum Gasteiger partial charge on any atom is 0.134 e. The molecule has 1 aromatic heterocycles. The number of nitrogens with one attached hydrogen (secondary N) is 1.